The molecule has 2 atom stereocenters. The molecule has 0 bridgehead atoms. The van der Waals surface area contributed by atoms with Gasteiger partial charge in [0.05, 0.1) is 27.7 Å². The number of hydrogen-bond acceptors (Lipinski definition) is 8. The van der Waals surface area contributed by atoms with Gasteiger partial charge in [-0.05, 0) is 32.1 Å². The van der Waals surface area contributed by atoms with E-state index in [4.69, 9.17) is 18.5 Å². The molecule has 0 rings (SSSR count). The number of quaternary nitrogens is 1. The van der Waals surface area contributed by atoms with Gasteiger partial charge in [0.1, 0.15) is 19.8 Å². The van der Waals surface area contributed by atoms with Crippen LogP contribution in [0.15, 0.2) is 12.2 Å². The number of carbonyl (C=O) groups excluding carboxylic acids is 2. The van der Waals surface area contributed by atoms with Gasteiger partial charge in [0, 0.05) is 12.8 Å². The first-order valence-electron chi connectivity index (χ1n) is 27.9. The number of esters is 2. The fourth-order valence-electron chi connectivity index (χ4n) is 8.19. The lowest BCUT2D eigenvalue weighted by Crippen LogP contribution is -2.37. The molecule has 1 unspecified atom stereocenters. The van der Waals surface area contributed by atoms with E-state index in [0.29, 0.717) is 23.9 Å². The molecule has 0 spiro atoms. The summed E-state index contributed by atoms with van der Waals surface area (Å²) in [5.74, 6) is -0.853. The Hall–Kier alpha value is -1.25. The molecule has 0 heterocycles. The fraction of sp³-hybridized carbons (Fsp3) is 0.927. The quantitative estimate of drug-likeness (QED) is 0.0195. The minimum absolute atomic E-state index is 0.0307. The second kappa shape index (κ2) is 47.8. The summed E-state index contributed by atoms with van der Waals surface area (Å²) in [5.41, 5.74) is 0. The summed E-state index contributed by atoms with van der Waals surface area (Å²) in [6.07, 6.45) is 54.0. The van der Waals surface area contributed by atoms with Gasteiger partial charge in [0.25, 0.3) is 7.82 Å². The van der Waals surface area contributed by atoms with Crippen LogP contribution >= 0.6 is 7.82 Å². The molecule has 0 radical (unpaired) electrons. The van der Waals surface area contributed by atoms with Crippen LogP contribution in [-0.2, 0) is 32.7 Å². The monoisotopic (exact) mass is 942 g/mol. The summed E-state index contributed by atoms with van der Waals surface area (Å²) in [4.78, 5) is 37.8. The number of allylic oxidation sites excluding steroid dienone is 2. The summed E-state index contributed by atoms with van der Waals surface area (Å²) in [6, 6.07) is 0. The minimum atomic E-state index is -4.63. The van der Waals surface area contributed by atoms with Crippen LogP contribution < -0.4 is 4.89 Å². The molecule has 0 fully saturated rings. The summed E-state index contributed by atoms with van der Waals surface area (Å²) in [6.45, 7) is 4.27. The maximum atomic E-state index is 12.8. The molecule has 0 saturated carbocycles. The molecule has 0 aliphatic heterocycles. The number of hydrogen-bond donors (Lipinski definition) is 0. The lowest BCUT2D eigenvalue weighted by Gasteiger charge is -2.28. The lowest BCUT2D eigenvalue weighted by atomic mass is 10.0. The Morgan fingerprint density at radius 1 is 0.462 bits per heavy atom. The first-order chi connectivity index (χ1) is 31.5. The summed E-state index contributed by atoms with van der Waals surface area (Å²) in [7, 11) is 1.17. The van der Waals surface area contributed by atoms with E-state index in [-0.39, 0.29) is 26.1 Å². The van der Waals surface area contributed by atoms with Crippen molar-refractivity contribution < 1.29 is 42.1 Å². The third kappa shape index (κ3) is 52.0. The van der Waals surface area contributed by atoms with Gasteiger partial charge < -0.3 is 27.9 Å². The van der Waals surface area contributed by atoms with Crippen LogP contribution in [0.2, 0.25) is 0 Å². The molecule has 0 amide bonds. The van der Waals surface area contributed by atoms with Crippen molar-refractivity contribution in [3.05, 3.63) is 12.2 Å². The van der Waals surface area contributed by atoms with E-state index in [1.165, 1.54) is 212 Å². The van der Waals surface area contributed by atoms with E-state index in [9.17, 15) is 19.0 Å². The largest absolute Gasteiger partial charge is 0.756 e. The molecular weight excluding hydrogens is 834 g/mol. The Morgan fingerprint density at radius 3 is 1.18 bits per heavy atom. The van der Waals surface area contributed by atoms with E-state index in [2.05, 4.69) is 26.0 Å². The predicted molar refractivity (Wildman–Crippen MR) is 273 cm³/mol. The Balaban J connectivity index is 4.17. The highest BCUT2D eigenvalue weighted by molar-refractivity contribution is 7.45. The Labute approximate surface area is 403 Å². The Morgan fingerprint density at radius 2 is 0.800 bits per heavy atom. The smallest absolute Gasteiger partial charge is 0.306 e. The molecule has 0 aliphatic rings. The van der Waals surface area contributed by atoms with Crippen LogP contribution in [0, 0.1) is 0 Å². The van der Waals surface area contributed by atoms with Gasteiger partial charge in [0.15, 0.2) is 6.10 Å². The van der Waals surface area contributed by atoms with Gasteiger partial charge in [-0.1, -0.05) is 244 Å². The maximum absolute atomic E-state index is 12.8. The van der Waals surface area contributed by atoms with Crippen molar-refractivity contribution in [1.29, 1.82) is 0 Å². The van der Waals surface area contributed by atoms with E-state index in [1.807, 2.05) is 21.1 Å². The molecule has 0 aliphatic carbocycles. The molecule has 65 heavy (non-hydrogen) atoms. The molecule has 0 saturated heterocycles. The van der Waals surface area contributed by atoms with Crippen molar-refractivity contribution in [2.75, 3.05) is 47.5 Å². The predicted octanol–water partition coefficient (Wildman–Crippen LogP) is 16.2. The van der Waals surface area contributed by atoms with Gasteiger partial charge in [-0.25, -0.2) is 0 Å². The molecule has 10 heteroatoms. The Kier molecular flexibility index (Phi) is 46.9. The van der Waals surface area contributed by atoms with Gasteiger partial charge in [-0.3, -0.25) is 14.2 Å². The van der Waals surface area contributed by atoms with Crippen molar-refractivity contribution in [3.63, 3.8) is 0 Å². The molecule has 0 aromatic carbocycles. The second-order valence-corrected chi connectivity index (χ2v) is 21.7. The normalized spacial score (nSPS) is 13.4. The highest BCUT2D eigenvalue weighted by atomic mass is 31.2. The fourth-order valence-corrected chi connectivity index (χ4v) is 8.92. The maximum Gasteiger partial charge on any atom is 0.306 e. The third-order valence-corrected chi connectivity index (χ3v) is 13.5. The number of ether oxygens (including phenoxy) is 2. The lowest BCUT2D eigenvalue weighted by molar-refractivity contribution is -0.870. The molecule has 0 aromatic heterocycles. The summed E-state index contributed by atoms with van der Waals surface area (Å²) >= 11 is 0. The van der Waals surface area contributed by atoms with Crippen LogP contribution in [0.3, 0.4) is 0 Å². The highest BCUT2D eigenvalue weighted by Crippen LogP contribution is 2.38. The number of phosphoric acid groups is 1. The van der Waals surface area contributed by atoms with Crippen molar-refractivity contribution >= 4 is 19.8 Å². The highest BCUT2D eigenvalue weighted by Gasteiger charge is 2.21. The van der Waals surface area contributed by atoms with Crippen LogP contribution in [0.4, 0.5) is 0 Å². The SMILES string of the molecule is CCCCCCCCCCCCCCCCCCCC/C=C/CCCC(=O)OC[C@@H](COP(=O)([O-])OCC[N+](C)(C)C)OC(=O)CCCCCCCCCCCCCCCCCCCC. The van der Waals surface area contributed by atoms with Crippen LogP contribution in [-0.4, -0.2) is 70.0 Å². The van der Waals surface area contributed by atoms with Crippen molar-refractivity contribution in [2.24, 2.45) is 0 Å². The third-order valence-electron chi connectivity index (χ3n) is 12.5. The van der Waals surface area contributed by atoms with Crippen LogP contribution in [0.1, 0.15) is 277 Å². The second-order valence-electron chi connectivity index (χ2n) is 20.3. The summed E-state index contributed by atoms with van der Waals surface area (Å²) < 4.78 is 34.1. The zero-order valence-corrected chi connectivity index (χ0v) is 44.6. The topological polar surface area (TPSA) is 111 Å². The Bertz CT molecular complexity index is 1110. The van der Waals surface area contributed by atoms with Gasteiger partial charge in [-0.15, -0.1) is 0 Å². The zero-order valence-electron chi connectivity index (χ0n) is 43.7. The van der Waals surface area contributed by atoms with Gasteiger partial charge >= 0.3 is 11.9 Å². The average molecular weight is 942 g/mol. The number of rotatable bonds is 52. The number of unbranched alkanes of at least 4 members (excludes halogenated alkanes) is 36. The van der Waals surface area contributed by atoms with E-state index >= 15 is 0 Å². The molecule has 9 nitrogen and oxygen atoms in total. The van der Waals surface area contributed by atoms with Crippen molar-refractivity contribution in [2.45, 2.75) is 283 Å². The van der Waals surface area contributed by atoms with Gasteiger partial charge in [-0.2, -0.15) is 0 Å². The number of nitrogens with zero attached hydrogens (tertiary/aromatic N) is 1. The minimum Gasteiger partial charge on any atom is -0.756 e. The average Bonchev–Trinajstić information content (AvgIpc) is 3.26. The summed E-state index contributed by atoms with van der Waals surface area (Å²) in [5, 5.41) is 0. The van der Waals surface area contributed by atoms with E-state index in [0.717, 1.165) is 25.7 Å². The van der Waals surface area contributed by atoms with E-state index in [1.54, 1.807) is 0 Å². The standard InChI is InChI=1S/C55H108NO8P/c1-6-8-10-12-14-16-18-20-22-24-26-27-28-29-30-32-33-35-37-39-41-43-45-47-54(57)61-51-53(52-63-65(59,60)62-50-49-56(3,4)5)64-55(58)48-46-44-42-40-38-36-34-31-25-23-21-19-17-15-13-11-9-7-2/h39,41,53H,6-38,40,42-52H2,1-5H3/b41-39+/t53-/m0/s1. The molecule has 0 aromatic rings. The first kappa shape index (κ1) is 63.8. The number of likely N-dealkylation sites (N-methyl/N-ethyl adjacent to an activating group) is 1. The van der Waals surface area contributed by atoms with Crippen molar-refractivity contribution in [3.8, 4) is 0 Å². The molecular formula is C55H108NO8P. The van der Waals surface area contributed by atoms with Crippen LogP contribution in [0.25, 0.3) is 0 Å². The number of phosphoric ester groups is 1. The van der Waals surface area contributed by atoms with Gasteiger partial charge in [0.2, 0.25) is 0 Å². The molecule has 0 N–H and O–H groups in total. The zero-order chi connectivity index (χ0) is 47.8. The first-order valence-corrected chi connectivity index (χ1v) is 29.4. The number of carbonyl (C=O) groups is 2. The van der Waals surface area contributed by atoms with Crippen LogP contribution in [0.5, 0.6) is 0 Å². The van der Waals surface area contributed by atoms with E-state index < -0.39 is 32.5 Å². The molecule has 386 valence electrons. The van der Waals surface area contributed by atoms with Crippen molar-refractivity contribution in [1.82, 2.24) is 0 Å².